The molecule has 13 heteroatoms. The fourth-order valence-corrected chi connectivity index (χ4v) is 5.56. The van der Waals surface area contributed by atoms with Crippen molar-refractivity contribution < 1.29 is 45.7 Å². The van der Waals surface area contributed by atoms with E-state index in [1.165, 1.54) is 24.5 Å². The lowest BCUT2D eigenvalue weighted by Crippen LogP contribution is -2.49. The number of ether oxygens (including phenoxy) is 3. The maximum absolute atomic E-state index is 13.5. The standard InChI is InChI=1S/C26H26F6N2O4S/c1-14-11-37-12-15(2)34(14)24-33-23(35)22(39-24)9-16-4-7-20(21(8-16)36-3)38-13-17-5-6-18(25(27,28)29)10-19(17)26(30,31)32/h4-8,10,14-15,35H,9,11-13H2,1-3H3. The van der Waals surface area contributed by atoms with E-state index in [4.69, 9.17) is 14.2 Å². The van der Waals surface area contributed by atoms with Crippen molar-refractivity contribution in [2.75, 3.05) is 25.2 Å². The summed E-state index contributed by atoms with van der Waals surface area (Å²) in [6.45, 7) is 4.50. The minimum atomic E-state index is -5.00. The maximum atomic E-state index is 13.5. The van der Waals surface area contributed by atoms with E-state index in [9.17, 15) is 31.4 Å². The van der Waals surface area contributed by atoms with Gasteiger partial charge in [0.25, 0.3) is 0 Å². The number of aromatic nitrogens is 1. The molecule has 0 amide bonds. The number of alkyl halides is 6. The third-order valence-electron chi connectivity index (χ3n) is 6.27. The number of nitrogens with zero attached hydrogens (tertiary/aromatic N) is 2. The number of rotatable bonds is 7. The van der Waals surface area contributed by atoms with Gasteiger partial charge in [0.1, 0.15) is 6.61 Å². The first-order valence-corrected chi connectivity index (χ1v) is 12.7. The zero-order valence-corrected chi connectivity index (χ0v) is 22.0. The Morgan fingerprint density at radius 1 is 1.00 bits per heavy atom. The average Bonchev–Trinajstić information content (AvgIpc) is 3.21. The van der Waals surface area contributed by atoms with Crippen LogP contribution in [-0.4, -0.2) is 42.5 Å². The molecule has 212 valence electrons. The van der Waals surface area contributed by atoms with E-state index in [-0.39, 0.29) is 35.5 Å². The summed E-state index contributed by atoms with van der Waals surface area (Å²) in [7, 11) is 1.36. The average molecular weight is 577 g/mol. The Morgan fingerprint density at radius 2 is 1.69 bits per heavy atom. The molecular weight excluding hydrogens is 550 g/mol. The summed E-state index contributed by atoms with van der Waals surface area (Å²) in [5.41, 5.74) is -2.55. The molecule has 2 aromatic carbocycles. The van der Waals surface area contributed by atoms with Gasteiger partial charge in [-0.15, -0.1) is 0 Å². The van der Waals surface area contributed by atoms with E-state index in [0.29, 0.717) is 35.7 Å². The number of thiazole rings is 1. The number of methoxy groups -OCH3 is 1. The Morgan fingerprint density at radius 3 is 2.31 bits per heavy atom. The number of morpholine rings is 1. The zero-order valence-electron chi connectivity index (χ0n) is 21.2. The summed E-state index contributed by atoms with van der Waals surface area (Å²) < 4.78 is 95.6. The molecule has 6 nitrogen and oxygen atoms in total. The Hall–Kier alpha value is -3.19. The number of aromatic hydroxyl groups is 1. The van der Waals surface area contributed by atoms with Crippen LogP contribution in [-0.2, 0) is 30.1 Å². The molecule has 0 aliphatic carbocycles. The minimum absolute atomic E-state index is 0.0766. The fraction of sp³-hybridized carbons (Fsp3) is 0.423. The van der Waals surface area contributed by atoms with E-state index in [1.54, 1.807) is 12.1 Å². The molecule has 1 aliphatic rings. The lowest BCUT2D eigenvalue weighted by molar-refractivity contribution is -0.143. The van der Waals surface area contributed by atoms with Gasteiger partial charge in [0, 0.05) is 12.0 Å². The predicted molar refractivity (Wildman–Crippen MR) is 133 cm³/mol. The first-order valence-electron chi connectivity index (χ1n) is 11.9. The van der Waals surface area contributed by atoms with Gasteiger partial charge >= 0.3 is 12.4 Å². The summed E-state index contributed by atoms with van der Waals surface area (Å²) >= 11 is 1.35. The van der Waals surface area contributed by atoms with Crippen LogP contribution in [0.4, 0.5) is 31.5 Å². The minimum Gasteiger partial charge on any atom is -0.493 e. The molecule has 1 N–H and O–H groups in total. The van der Waals surface area contributed by atoms with Gasteiger partial charge in [-0.3, -0.25) is 0 Å². The van der Waals surface area contributed by atoms with Gasteiger partial charge in [-0.2, -0.15) is 31.3 Å². The highest BCUT2D eigenvalue weighted by Gasteiger charge is 2.38. The number of benzene rings is 2. The SMILES string of the molecule is COc1cc(Cc2sc(N3C(C)COCC3C)nc2O)ccc1OCc1ccc(C(F)(F)F)cc1C(F)(F)F. The van der Waals surface area contributed by atoms with Crippen molar-refractivity contribution in [1.29, 1.82) is 0 Å². The van der Waals surface area contributed by atoms with Gasteiger partial charge in [0.2, 0.25) is 5.88 Å². The van der Waals surface area contributed by atoms with Crippen LogP contribution in [0, 0.1) is 0 Å². The van der Waals surface area contributed by atoms with E-state index in [1.807, 2.05) is 13.8 Å². The molecule has 2 heterocycles. The summed E-state index contributed by atoms with van der Waals surface area (Å²) in [5, 5.41) is 11.1. The zero-order chi connectivity index (χ0) is 28.5. The van der Waals surface area contributed by atoms with Crippen LogP contribution >= 0.6 is 11.3 Å². The van der Waals surface area contributed by atoms with Crippen molar-refractivity contribution in [1.82, 2.24) is 4.98 Å². The van der Waals surface area contributed by atoms with Crippen LogP contribution in [0.25, 0.3) is 0 Å². The third kappa shape index (κ3) is 6.52. The molecule has 1 fully saturated rings. The molecule has 1 aliphatic heterocycles. The Kier molecular flexibility index (Phi) is 8.22. The lowest BCUT2D eigenvalue weighted by atomic mass is 10.0. The van der Waals surface area contributed by atoms with Crippen molar-refractivity contribution in [3.05, 3.63) is 63.5 Å². The molecule has 2 unspecified atom stereocenters. The molecule has 1 saturated heterocycles. The van der Waals surface area contributed by atoms with E-state index in [2.05, 4.69) is 9.88 Å². The van der Waals surface area contributed by atoms with Crippen LogP contribution in [0.5, 0.6) is 17.4 Å². The van der Waals surface area contributed by atoms with E-state index < -0.39 is 35.6 Å². The quantitative estimate of drug-likeness (QED) is 0.317. The van der Waals surface area contributed by atoms with Crippen molar-refractivity contribution in [2.24, 2.45) is 0 Å². The highest BCUT2D eigenvalue weighted by atomic mass is 32.1. The number of hydrogen-bond donors (Lipinski definition) is 1. The largest absolute Gasteiger partial charge is 0.493 e. The summed E-state index contributed by atoms with van der Waals surface area (Å²) in [4.78, 5) is 7.05. The monoisotopic (exact) mass is 576 g/mol. The highest BCUT2D eigenvalue weighted by Crippen LogP contribution is 2.39. The first-order chi connectivity index (χ1) is 18.3. The van der Waals surface area contributed by atoms with Crippen molar-refractivity contribution in [2.45, 2.75) is 51.3 Å². The molecule has 1 aromatic heterocycles. The summed E-state index contributed by atoms with van der Waals surface area (Å²) in [6, 6.07) is 6.37. The highest BCUT2D eigenvalue weighted by molar-refractivity contribution is 7.15. The van der Waals surface area contributed by atoms with Crippen LogP contribution in [0.3, 0.4) is 0 Å². The van der Waals surface area contributed by atoms with Gasteiger partial charge in [0.15, 0.2) is 16.6 Å². The van der Waals surface area contributed by atoms with Gasteiger partial charge in [-0.1, -0.05) is 23.5 Å². The van der Waals surface area contributed by atoms with Crippen molar-refractivity contribution in [3.8, 4) is 17.4 Å². The number of anilines is 1. The van der Waals surface area contributed by atoms with Crippen molar-refractivity contribution >= 4 is 16.5 Å². The second kappa shape index (κ2) is 11.1. The van der Waals surface area contributed by atoms with Crippen LogP contribution < -0.4 is 14.4 Å². The fourth-order valence-electron chi connectivity index (χ4n) is 4.36. The maximum Gasteiger partial charge on any atom is 0.416 e. The molecule has 0 saturated carbocycles. The molecule has 4 rings (SSSR count). The Labute approximate surface area is 224 Å². The van der Waals surface area contributed by atoms with Gasteiger partial charge in [-0.05, 0) is 43.7 Å². The number of hydrogen-bond acceptors (Lipinski definition) is 7. The Balaban J connectivity index is 1.52. The van der Waals surface area contributed by atoms with Gasteiger partial charge in [-0.25, -0.2) is 0 Å². The molecule has 39 heavy (non-hydrogen) atoms. The molecule has 2 atom stereocenters. The number of halogens is 6. The second-order valence-electron chi connectivity index (χ2n) is 9.20. The normalized spacial score (nSPS) is 18.3. The molecule has 0 radical (unpaired) electrons. The van der Waals surface area contributed by atoms with Gasteiger partial charge in [0.05, 0.1) is 48.4 Å². The molecule has 0 spiro atoms. The lowest BCUT2D eigenvalue weighted by Gasteiger charge is -2.38. The van der Waals surface area contributed by atoms with Gasteiger partial charge < -0.3 is 24.2 Å². The summed E-state index contributed by atoms with van der Waals surface area (Å²) in [5.74, 6) is 0.231. The molecule has 3 aromatic rings. The van der Waals surface area contributed by atoms with Crippen LogP contribution in [0.1, 0.15) is 41.0 Å². The third-order valence-corrected chi connectivity index (χ3v) is 7.33. The molecule has 0 bridgehead atoms. The molecular formula is C26H26F6N2O4S. The Bertz CT molecular complexity index is 1300. The van der Waals surface area contributed by atoms with E-state index >= 15 is 0 Å². The van der Waals surface area contributed by atoms with Crippen LogP contribution in [0.2, 0.25) is 0 Å². The van der Waals surface area contributed by atoms with Crippen molar-refractivity contribution in [3.63, 3.8) is 0 Å². The topological polar surface area (TPSA) is 64.1 Å². The van der Waals surface area contributed by atoms with Crippen LogP contribution in [0.15, 0.2) is 36.4 Å². The first kappa shape index (κ1) is 28.8. The van der Waals surface area contributed by atoms with E-state index in [0.717, 1.165) is 11.6 Å². The second-order valence-corrected chi connectivity index (χ2v) is 10.3. The summed E-state index contributed by atoms with van der Waals surface area (Å²) in [6.07, 6.45) is -9.60. The smallest absolute Gasteiger partial charge is 0.416 e. The predicted octanol–water partition coefficient (Wildman–Crippen LogP) is 6.68.